The van der Waals surface area contributed by atoms with Crippen LogP contribution in [-0.4, -0.2) is 71.1 Å². The molecule has 0 spiro atoms. The number of methoxy groups -OCH3 is 1. The summed E-state index contributed by atoms with van der Waals surface area (Å²) in [6.07, 6.45) is -2.99. The summed E-state index contributed by atoms with van der Waals surface area (Å²) in [5.74, 6) is -0.151. The fourth-order valence-electron chi connectivity index (χ4n) is 3.01. The summed E-state index contributed by atoms with van der Waals surface area (Å²) in [7, 11) is 1.47. The second kappa shape index (κ2) is 4.99. The van der Waals surface area contributed by atoms with Gasteiger partial charge in [0.2, 0.25) is 5.91 Å². The van der Waals surface area contributed by atoms with Crippen LogP contribution in [0.15, 0.2) is 0 Å². The Balaban J connectivity index is 2.32. The molecule has 110 valence electrons. The van der Waals surface area contributed by atoms with Crippen molar-refractivity contribution >= 4 is 5.91 Å². The van der Waals surface area contributed by atoms with Gasteiger partial charge in [-0.15, -0.1) is 0 Å². The maximum atomic E-state index is 11.8. The highest BCUT2D eigenvalue weighted by Crippen LogP contribution is 2.42. The number of aliphatic hydroxyl groups is 2. The lowest BCUT2D eigenvalue weighted by molar-refractivity contribution is -0.202. The number of ether oxygens (including phenoxy) is 3. The Morgan fingerprint density at radius 1 is 1.53 bits per heavy atom. The zero-order valence-electron chi connectivity index (χ0n) is 11.6. The average Bonchev–Trinajstić information content (AvgIpc) is 2.79. The molecule has 7 heteroatoms. The Morgan fingerprint density at radius 3 is 2.63 bits per heavy atom. The van der Waals surface area contributed by atoms with E-state index >= 15 is 0 Å². The van der Waals surface area contributed by atoms with Crippen LogP contribution in [0.25, 0.3) is 0 Å². The molecule has 2 N–H and O–H groups in total. The first-order valence-electron chi connectivity index (χ1n) is 6.28. The Labute approximate surface area is 112 Å². The lowest BCUT2D eigenvalue weighted by Crippen LogP contribution is -2.51. The third-order valence-corrected chi connectivity index (χ3v) is 3.67. The predicted octanol–water partition coefficient (Wildman–Crippen LogP) is -0.937. The average molecular weight is 276 g/mol. The Kier molecular flexibility index (Phi) is 3.85. The van der Waals surface area contributed by atoms with Crippen LogP contribution in [-0.2, 0) is 19.0 Å². The van der Waals surface area contributed by atoms with E-state index in [1.54, 1.807) is 18.7 Å². The van der Waals surface area contributed by atoms with Gasteiger partial charge in [-0.05, 0) is 13.8 Å². The molecule has 2 aliphatic heterocycles. The van der Waals surface area contributed by atoms with Gasteiger partial charge in [-0.1, -0.05) is 0 Å². The number of nitrogens with zero attached hydrogens (tertiary/aromatic N) is 1. The van der Waals surface area contributed by atoms with Crippen molar-refractivity contribution in [1.82, 2.24) is 4.90 Å². The minimum atomic E-state index is -1.07. The van der Waals surface area contributed by atoms with E-state index in [-0.39, 0.29) is 5.91 Å². The molecule has 0 aromatic heterocycles. The van der Waals surface area contributed by atoms with Crippen LogP contribution >= 0.6 is 0 Å². The highest BCUT2D eigenvalue weighted by Gasteiger charge is 2.61. The number of carbonyl (C=O) groups is 1. The van der Waals surface area contributed by atoms with Crippen LogP contribution in [0.5, 0.6) is 0 Å². The largest absolute Gasteiger partial charge is 0.394 e. The van der Waals surface area contributed by atoms with Crippen LogP contribution in [0, 0.1) is 0 Å². The smallest absolute Gasteiger partial charge is 0.222 e. The van der Waals surface area contributed by atoms with Gasteiger partial charge in [0.15, 0.2) is 6.29 Å². The molecular weight excluding hydrogens is 255 g/mol. The zero-order valence-corrected chi connectivity index (χ0v) is 11.6. The van der Waals surface area contributed by atoms with E-state index in [0.29, 0.717) is 0 Å². The lowest BCUT2D eigenvalue weighted by Gasteiger charge is -2.34. The molecule has 2 fully saturated rings. The summed E-state index contributed by atoms with van der Waals surface area (Å²) in [5, 5.41) is 18.9. The van der Waals surface area contributed by atoms with Crippen molar-refractivity contribution in [2.24, 2.45) is 0 Å². The molecule has 0 bridgehead atoms. The molecule has 2 saturated heterocycles. The van der Waals surface area contributed by atoms with Gasteiger partial charge in [0, 0.05) is 14.0 Å². The fraction of sp³-hybridized carbons (Fsp3) is 0.917. The van der Waals surface area contributed by atoms with E-state index in [9.17, 15) is 9.90 Å². The van der Waals surface area contributed by atoms with Gasteiger partial charge in [0.1, 0.15) is 30.1 Å². The van der Waals surface area contributed by atoms with Crippen molar-refractivity contribution in [2.45, 2.75) is 57.1 Å². The van der Waals surface area contributed by atoms with E-state index < -0.39 is 43.0 Å². The molecule has 7 nitrogen and oxygen atoms in total. The molecule has 0 aromatic carbocycles. The normalized spacial score (nSPS) is 38.3. The lowest BCUT2D eigenvalue weighted by atomic mass is 10.1. The molecule has 2 rings (SSSR count). The molecule has 2 heterocycles. The SMILES string of the molecule is CO[C@H]1O[C@H]([C@H](O)[13CH2]O)[C@@H]2OC(C)(C)N(C(C)=O)[C@H]12. The first-order chi connectivity index (χ1) is 8.83. The molecule has 0 unspecified atom stereocenters. The highest BCUT2D eigenvalue weighted by atomic mass is 16.7. The predicted molar refractivity (Wildman–Crippen MR) is 64.0 cm³/mol. The minimum absolute atomic E-state index is 0.151. The van der Waals surface area contributed by atoms with Gasteiger partial charge in [0.05, 0.1) is 6.61 Å². The molecule has 1 amide bonds. The second-order valence-electron chi connectivity index (χ2n) is 5.36. The van der Waals surface area contributed by atoms with E-state index in [1.165, 1.54) is 14.0 Å². The van der Waals surface area contributed by atoms with Crippen LogP contribution in [0.1, 0.15) is 20.8 Å². The number of amides is 1. The fourth-order valence-corrected chi connectivity index (χ4v) is 3.01. The Hall–Kier alpha value is -0.730. The zero-order chi connectivity index (χ0) is 14.4. The summed E-state index contributed by atoms with van der Waals surface area (Å²) >= 11 is 0. The molecule has 5 atom stereocenters. The van der Waals surface area contributed by atoms with E-state index in [0.717, 1.165) is 0 Å². The molecular formula is C12H21NO6. The standard InChI is InChI=1S/C12H21NO6/c1-6(15)13-8-10(19-12(13,2)3)9(7(16)5-14)18-11(8)17-4/h7-11,14,16H,5H2,1-4H3/t7-,8+,9-,10-,11+/m1/s1/i5+1. The van der Waals surface area contributed by atoms with Gasteiger partial charge in [0.25, 0.3) is 0 Å². The molecule has 0 radical (unpaired) electrons. The van der Waals surface area contributed by atoms with Crippen molar-refractivity contribution in [2.75, 3.05) is 13.7 Å². The minimum Gasteiger partial charge on any atom is -0.394 e. The topological polar surface area (TPSA) is 88.5 Å². The third-order valence-electron chi connectivity index (χ3n) is 3.67. The Morgan fingerprint density at radius 2 is 2.16 bits per heavy atom. The van der Waals surface area contributed by atoms with Gasteiger partial charge in [-0.25, -0.2) is 0 Å². The van der Waals surface area contributed by atoms with Crippen molar-refractivity contribution in [3.63, 3.8) is 0 Å². The quantitative estimate of drug-likeness (QED) is 0.647. The number of hydrogen-bond donors (Lipinski definition) is 2. The van der Waals surface area contributed by atoms with Crippen molar-refractivity contribution in [3.05, 3.63) is 0 Å². The monoisotopic (exact) mass is 276 g/mol. The summed E-state index contributed by atoms with van der Waals surface area (Å²) < 4.78 is 16.6. The first-order valence-corrected chi connectivity index (χ1v) is 6.28. The van der Waals surface area contributed by atoms with E-state index in [1.807, 2.05) is 0 Å². The van der Waals surface area contributed by atoms with Crippen LogP contribution in [0.4, 0.5) is 0 Å². The first kappa shape index (κ1) is 14.7. The van der Waals surface area contributed by atoms with E-state index in [2.05, 4.69) is 0 Å². The third kappa shape index (κ3) is 2.25. The van der Waals surface area contributed by atoms with Crippen LogP contribution < -0.4 is 0 Å². The number of rotatable bonds is 3. The van der Waals surface area contributed by atoms with Crippen LogP contribution in [0.3, 0.4) is 0 Å². The maximum absolute atomic E-state index is 11.8. The summed E-state index contributed by atoms with van der Waals surface area (Å²) in [4.78, 5) is 13.4. The summed E-state index contributed by atoms with van der Waals surface area (Å²) in [6, 6.07) is -0.427. The molecule has 2 aliphatic rings. The van der Waals surface area contributed by atoms with Crippen molar-refractivity contribution in [3.8, 4) is 0 Å². The Bertz CT molecular complexity index is 360. The number of fused-ring (bicyclic) bond motifs is 1. The number of aliphatic hydroxyl groups excluding tert-OH is 2. The van der Waals surface area contributed by atoms with Gasteiger partial charge in [-0.2, -0.15) is 0 Å². The number of carbonyl (C=O) groups excluding carboxylic acids is 1. The maximum Gasteiger partial charge on any atom is 0.222 e. The second-order valence-corrected chi connectivity index (χ2v) is 5.36. The number of hydrogen-bond acceptors (Lipinski definition) is 6. The summed E-state index contributed by atoms with van der Waals surface area (Å²) in [5.41, 5.74) is -0.796. The molecule has 19 heavy (non-hydrogen) atoms. The van der Waals surface area contributed by atoms with E-state index in [4.69, 9.17) is 19.3 Å². The molecule has 0 saturated carbocycles. The van der Waals surface area contributed by atoms with Crippen LogP contribution in [0.2, 0.25) is 0 Å². The van der Waals surface area contributed by atoms with Gasteiger partial charge < -0.3 is 29.3 Å². The van der Waals surface area contributed by atoms with Gasteiger partial charge in [-0.3, -0.25) is 4.79 Å². The highest BCUT2D eigenvalue weighted by molar-refractivity contribution is 5.75. The van der Waals surface area contributed by atoms with Crippen molar-refractivity contribution in [1.29, 1.82) is 0 Å². The molecule has 0 aromatic rings. The summed E-state index contributed by atoms with van der Waals surface area (Å²) in [6.45, 7) is 4.58. The van der Waals surface area contributed by atoms with Gasteiger partial charge >= 0.3 is 0 Å². The van der Waals surface area contributed by atoms with Crippen molar-refractivity contribution < 1.29 is 29.2 Å². The molecule has 0 aliphatic carbocycles.